The van der Waals surface area contributed by atoms with E-state index in [0.717, 1.165) is 11.3 Å². The number of nitrogens with two attached hydrogens (primary N) is 1. The summed E-state index contributed by atoms with van der Waals surface area (Å²) in [5, 5.41) is 4.36. The Kier molecular flexibility index (Phi) is 4.35. The maximum Gasteiger partial charge on any atom is 0.277 e. The van der Waals surface area contributed by atoms with Gasteiger partial charge in [0, 0.05) is 17.8 Å². The van der Waals surface area contributed by atoms with Crippen LogP contribution in [0.5, 0.6) is 5.75 Å². The highest BCUT2D eigenvalue weighted by Crippen LogP contribution is 2.29. The van der Waals surface area contributed by atoms with Crippen molar-refractivity contribution in [1.82, 2.24) is 9.78 Å². The first-order valence-electron chi connectivity index (χ1n) is 8.94. The highest BCUT2D eigenvalue weighted by atomic mass is 16.5. The van der Waals surface area contributed by atoms with E-state index in [1.807, 2.05) is 31.2 Å². The number of hydrogen-bond acceptors (Lipinski definition) is 4. The number of nitrogens with zero attached hydrogens (tertiary/aromatic N) is 3. The van der Waals surface area contributed by atoms with Crippen LogP contribution in [0.3, 0.4) is 0 Å². The Morgan fingerprint density at radius 1 is 1.07 bits per heavy atom. The molecule has 1 aromatic heterocycles. The Morgan fingerprint density at radius 3 is 2.32 bits per heavy atom. The number of ether oxygens (including phenoxy) is 1. The fraction of sp³-hybridized carbons (Fsp3) is 0.190. The topological polar surface area (TPSA) is 90.5 Å². The average Bonchev–Trinajstić information content (AvgIpc) is 3.10. The Bertz CT molecular complexity index is 1050. The first kappa shape index (κ1) is 17.8. The molecule has 0 fully saturated rings. The van der Waals surface area contributed by atoms with Crippen molar-refractivity contribution in [3.63, 3.8) is 0 Å². The predicted molar refractivity (Wildman–Crippen MR) is 105 cm³/mol. The molecule has 28 heavy (non-hydrogen) atoms. The van der Waals surface area contributed by atoms with Crippen LogP contribution in [0, 0.1) is 6.92 Å². The van der Waals surface area contributed by atoms with Crippen molar-refractivity contribution in [3.8, 4) is 11.4 Å². The van der Waals surface area contributed by atoms with E-state index in [2.05, 4.69) is 5.10 Å². The second-order valence-electron chi connectivity index (χ2n) is 6.69. The summed E-state index contributed by atoms with van der Waals surface area (Å²) in [6.45, 7) is 2.46. The van der Waals surface area contributed by atoms with Crippen molar-refractivity contribution in [2.45, 2.75) is 13.3 Å². The summed E-state index contributed by atoms with van der Waals surface area (Å²) in [7, 11) is 1.58. The second kappa shape index (κ2) is 6.84. The predicted octanol–water partition coefficient (Wildman–Crippen LogP) is 2.49. The first-order valence-corrected chi connectivity index (χ1v) is 8.94. The number of amides is 2. The molecule has 7 nitrogen and oxygen atoms in total. The van der Waals surface area contributed by atoms with Crippen LogP contribution in [-0.2, 0) is 6.42 Å². The summed E-state index contributed by atoms with van der Waals surface area (Å²) in [6.07, 6.45) is 0.503. The lowest BCUT2D eigenvalue weighted by atomic mass is 10.0. The average molecular weight is 376 g/mol. The maximum atomic E-state index is 13.3. The van der Waals surface area contributed by atoms with E-state index in [1.54, 1.807) is 36.3 Å². The molecule has 2 N–H and O–H groups in total. The van der Waals surface area contributed by atoms with E-state index >= 15 is 0 Å². The number of fused-ring (bicyclic) bond motifs is 1. The largest absolute Gasteiger partial charge is 0.497 e. The molecule has 0 aliphatic carbocycles. The summed E-state index contributed by atoms with van der Waals surface area (Å²) in [6, 6.07) is 14.9. The molecular formula is C21H20N4O3. The van der Waals surface area contributed by atoms with Gasteiger partial charge in [0.25, 0.3) is 11.8 Å². The number of benzene rings is 2. The highest BCUT2D eigenvalue weighted by molar-refractivity contribution is 6.09. The molecule has 4 rings (SSSR count). The monoisotopic (exact) mass is 376 g/mol. The van der Waals surface area contributed by atoms with E-state index in [0.29, 0.717) is 35.7 Å². The molecule has 0 bridgehead atoms. The van der Waals surface area contributed by atoms with Crippen LogP contribution in [0.2, 0.25) is 0 Å². The molecule has 7 heteroatoms. The third kappa shape index (κ3) is 2.90. The van der Waals surface area contributed by atoms with Crippen LogP contribution in [0.4, 0.5) is 5.69 Å². The van der Waals surface area contributed by atoms with Gasteiger partial charge in [-0.15, -0.1) is 0 Å². The van der Waals surface area contributed by atoms with Crippen molar-refractivity contribution < 1.29 is 14.3 Å². The van der Waals surface area contributed by atoms with Gasteiger partial charge in [0.05, 0.1) is 12.8 Å². The quantitative estimate of drug-likeness (QED) is 0.757. The SMILES string of the molecule is COc1ccc(-n2nc(C(N)=O)c3c2C(=O)N(c2ccc(C)cc2)CC3)cc1. The number of rotatable bonds is 4. The van der Waals surface area contributed by atoms with Crippen LogP contribution in [0.15, 0.2) is 48.5 Å². The number of carbonyl (C=O) groups excluding carboxylic acids is 2. The van der Waals surface area contributed by atoms with E-state index in [9.17, 15) is 9.59 Å². The lowest BCUT2D eigenvalue weighted by Crippen LogP contribution is -2.39. The summed E-state index contributed by atoms with van der Waals surface area (Å²) < 4.78 is 6.69. The summed E-state index contributed by atoms with van der Waals surface area (Å²) >= 11 is 0. The van der Waals surface area contributed by atoms with E-state index in [4.69, 9.17) is 10.5 Å². The van der Waals surface area contributed by atoms with Gasteiger partial charge in [-0.25, -0.2) is 4.68 Å². The number of anilines is 1. The third-order valence-corrected chi connectivity index (χ3v) is 4.91. The summed E-state index contributed by atoms with van der Waals surface area (Å²) in [5.41, 5.74) is 9.21. The fourth-order valence-corrected chi connectivity index (χ4v) is 3.44. The van der Waals surface area contributed by atoms with Gasteiger partial charge in [0.1, 0.15) is 11.4 Å². The highest BCUT2D eigenvalue weighted by Gasteiger charge is 2.34. The minimum atomic E-state index is -0.639. The molecule has 0 saturated carbocycles. The minimum Gasteiger partial charge on any atom is -0.497 e. The van der Waals surface area contributed by atoms with E-state index in [-0.39, 0.29) is 11.6 Å². The molecule has 0 spiro atoms. The second-order valence-corrected chi connectivity index (χ2v) is 6.69. The van der Waals surface area contributed by atoms with Crippen LogP contribution in [0.1, 0.15) is 32.1 Å². The van der Waals surface area contributed by atoms with Crippen LogP contribution in [0.25, 0.3) is 5.69 Å². The van der Waals surface area contributed by atoms with Crippen molar-refractivity contribution >= 4 is 17.5 Å². The van der Waals surface area contributed by atoms with Gasteiger partial charge in [0.15, 0.2) is 5.69 Å². The van der Waals surface area contributed by atoms with Gasteiger partial charge in [-0.1, -0.05) is 17.7 Å². The zero-order valence-corrected chi connectivity index (χ0v) is 15.7. The smallest absolute Gasteiger partial charge is 0.277 e. The number of carbonyl (C=O) groups is 2. The zero-order chi connectivity index (χ0) is 19.8. The van der Waals surface area contributed by atoms with Crippen molar-refractivity contribution in [2.75, 3.05) is 18.6 Å². The van der Waals surface area contributed by atoms with E-state index < -0.39 is 5.91 Å². The molecule has 1 aliphatic heterocycles. The molecule has 0 radical (unpaired) electrons. The summed E-state index contributed by atoms with van der Waals surface area (Å²) in [5.74, 6) is -0.159. The third-order valence-electron chi connectivity index (χ3n) is 4.91. The number of hydrogen-bond donors (Lipinski definition) is 1. The van der Waals surface area contributed by atoms with Crippen molar-refractivity contribution in [3.05, 3.63) is 71.0 Å². The lowest BCUT2D eigenvalue weighted by molar-refractivity contribution is 0.0972. The molecular weight excluding hydrogens is 356 g/mol. The van der Waals surface area contributed by atoms with Crippen LogP contribution >= 0.6 is 0 Å². The van der Waals surface area contributed by atoms with Gasteiger partial charge in [-0.3, -0.25) is 9.59 Å². The molecule has 2 aromatic carbocycles. The fourth-order valence-electron chi connectivity index (χ4n) is 3.44. The van der Waals surface area contributed by atoms with Crippen molar-refractivity contribution in [2.24, 2.45) is 5.73 Å². The molecule has 142 valence electrons. The van der Waals surface area contributed by atoms with E-state index in [1.165, 1.54) is 4.68 Å². The first-order chi connectivity index (χ1) is 13.5. The Morgan fingerprint density at radius 2 is 1.71 bits per heavy atom. The normalized spacial score (nSPS) is 13.4. The number of methoxy groups -OCH3 is 1. The zero-order valence-electron chi connectivity index (χ0n) is 15.7. The van der Waals surface area contributed by atoms with Gasteiger partial charge in [-0.05, 0) is 49.7 Å². The maximum absolute atomic E-state index is 13.3. The van der Waals surface area contributed by atoms with Crippen LogP contribution < -0.4 is 15.4 Å². The molecule has 0 unspecified atom stereocenters. The minimum absolute atomic E-state index is 0.141. The number of primary amides is 1. The molecule has 1 aliphatic rings. The summed E-state index contributed by atoms with van der Waals surface area (Å²) in [4.78, 5) is 27.0. The van der Waals surface area contributed by atoms with Gasteiger partial charge >= 0.3 is 0 Å². The molecule has 0 saturated heterocycles. The lowest BCUT2D eigenvalue weighted by Gasteiger charge is -2.27. The number of aryl methyl sites for hydroxylation is 1. The van der Waals surface area contributed by atoms with Crippen LogP contribution in [-0.4, -0.2) is 35.2 Å². The molecule has 2 heterocycles. The molecule has 2 amide bonds. The van der Waals surface area contributed by atoms with Gasteiger partial charge < -0.3 is 15.4 Å². The Labute approximate surface area is 162 Å². The Hall–Kier alpha value is -3.61. The molecule has 0 atom stereocenters. The Balaban J connectivity index is 1.83. The standard InChI is InChI=1S/C21H20N4O3/c1-13-3-5-14(6-4-13)24-12-11-17-18(20(22)26)23-25(19(17)21(24)27)15-7-9-16(28-2)10-8-15/h3-10H,11-12H2,1-2H3,(H2,22,26). The van der Waals surface area contributed by atoms with Crippen molar-refractivity contribution in [1.29, 1.82) is 0 Å². The number of aromatic nitrogens is 2. The van der Waals surface area contributed by atoms with Gasteiger partial charge in [-0.2, -0.15) is 5.10 Å². The molecule has 3 aromatic rings. The van der Waals surface area contributed by atoms with Gasteiger partial charge in [0.2, 0.25) is 0 Å².